The molecule has 1 heterocycles. The molecule has 3 rings (SSSR count). The fraction of sp³-hybridized carbons (Fsp3) is 0.182. The summed E-state index contributed by atoms with van der Waals surface area (Å²) in [6, 6.07) is 20.5. The first-order valence-corrected chi connectivity index (χ1v) is 8.82. The van der Waals surface area contributed by atoms with Gasteiger partial charge >= 0.3 is 0 Å². The minimum absolute atomic E-state index is 0.0944. The molecule has 0 bridgehead atoms. The summed E-state index contributed by atoms with van der Waals surface area (Å²) in [7, 11) is 4.02. The van der Waals surface area contributed by atoms with Crippen molar-refractivity contribution in [1.29, 1.82) is 0 Å². The molecule has 0 aliphatic rings. The average molecular weight is 361 g/mol. The van der Waals surface area contributed by atoms with Gasteiger partial charge in [-0.05, 0) is 62.6 Å². The van der Waals surface area contributed by atoms with E-state index in [0.29, 0.717) is 12.2 Å². The third-order valence-electron chi connectivity index (χ3n) is 4.05. The summed E-state index contributed by atoms with van der Waals surface area (Å²) < 4.78 is 5.75. The van der Waals surface area contributed by atoms with Crippen molar-refractivity contribution in [1.82, 2.24) is 9.88 Å². The topological polar surface area (TPSA) is 45.7 Å². The van der Waals surface area contributed by atoms with E-state index in [4.69, 9.17) is 4.74 Å². The quantitative estimate of drug-likeness (QED) is 0.638. The van der Waals surface area contributed by atoms with Gasteiger partial charge in [0.1, 0.15) is 12.4 Å². The molecule has 27 heavy (non-hydrogen) atoms. The molecule has 0 atom stereocenters. The van der Waals surface area contributed by atoms with Crippen molar-refractivity contribution in [3.8, 4) is 5.75 Å². The number of carbonyl (C=O) groups excluding carboxylic acids is 1. The lowest BCUT2D eigenvalue weighted by atomic mass is 10.1. The van der Waals surface area contributed by atoms with Gasteiger partial charge in [-0.3, -0.25) is 14.7 Å². The monoisotopic (exact) mass is 361 g/mol. The number of anilines is 2. The van der Waals surface area contributed by atoms with E-state index >= 15 is 0 Å². The summed E-state index contributed by atoms with van der Waals surface area (Å²) in [5, 5.41) is 0. The maximum absolute atomic E-state index is 13.1. The van der Waals surface area contributed by atoms with E-state index < -0.39 is 0 Å². The van der Waals surface area contributed by atoms with Crippen LogP contribution in [-0.4, -0.2) is 43.0 Å². The van der Waals surface area contributed by atoms with Crippen molar-refractivity contribution in [3.63, 3.8) is 0 Å². The number of hydrogen-bond acceptors (Lipinski definition) is 4. The molecule has 1 amide bonds. The minimum Gasteiger partial charge on any atom is -0.492 e. The molecule has 0 spiro atoms. The zero-order chi connectivity index (χ0) is 19.1. The summed E-state index contributed by atoms with van der Waals surface area (Å²) in [6.07, 6.45) is 3.36. The fourth-order valence-corrected chi connectivity index (χ4v) is 2.62. The molecular weight excluding hydrogens is 338 g/mol. The van der Waals surface area contributed by atoms with Gasteiger partial charge in [-0.1, -0.05) is 18.2 Å². The number of aromatic nitrogens is 1. The maximum atomic E-state index is 13.1. The number of ether oxygens (including phenoxy) is 1. The van der Waals surface area contributed by atoms with Gasteiger partial charge in [0.2, 0.25) is 0 Å². The first-order valence-electron chi connectivity index (χ1n) is 8.82. The summed E-state index contributed by atoms with van der Waals surface area (Å²) in [5.41, 5.74) is 2.16. The number of rotatable bonds is 7. The van der Waals surface area contributed by atoms with Crippen molar-refractivity contribution in [2.24, 2.45) is 0 Å². The number of benzene rings is 2. The Bertz CT molecular complexity index is 850. The Morgan fingerprint density at radius 3 is 2.15 bits per heavy atom. The molecular formula is C22H23N3O2. The molecule has 2 aromatic carbocycles. The van der Waals surface area contributed by atoms with Crippen molar-refractivity contribution < 1.29 is 9.53 Å². The van der Waals surface area contributed by atoms with Crippen LogP contribution >= 0.6 is 0 Å². The number of likely N-dealkylation sites (N-methyl/N-ethyl adjacent to an activating group) is 1. The van der Waals surface area contributed by atoms with Crippen LogP contribution in [0.1, 0.15) is 10.4 Å². The van der Waals surface area contributed by atoms with E-state index in [9.17, 15) is 4.79 Å². The second-order valence-corrected chi connectivity index (χ2v) is 6.36. The van der Waals surface area contributed by atoms with Gasteiger partial charge in [-0.25, -0.2) is 0 Å². The molecule has 0 radical (unpaired) electrons. The first kappa shape index (κ1) is 18.6. The van der Waals surface area contributed by atoms with E-state index in [1.807, 2.05) is 80.8 Å². The Hall–Kier alpha value is -3.18. The average Bonchev–Trinajstić information content (AvgIpc) is 2.70. The molecule has 5 heteroatoms. The molecule has 138 valence electrons. The predicted octanol–water partition coefficient (Wildman–Crippen LogP) is 4.00. The summed E-state index contributed by atoms with van der Waals surface area (Å²) in [6.45, 7) is 1.46. The van der Waals surface area contributed by atoms with Crippen LogP contribution < -0.4 is 9.64 Å². The van der Waals surface area contributed by atoms with Gasteiger partial charge in [0.25, 0.3) is 5.91 Å². The van der Waals surface area contributed by atoms with E-state index in [0.717, 1.165) is 23.7 Å². The number of hydrogen-bond donors (Lipinski definition) is 0. The van der Waals surface area contributed by atoms with Gasteiger partial charge in [0.05, 0.1) is 5.69 Å². The molecule has 0 saturated heterocycles. The zero-order valence-electron chi connectivity index (χ0n) is 15.6. The van der Waals surface area contributed by atoms with Crippen molar-refractivity contribution in [2.45, 2.75) is 0 Å². The van der Waals surface area contributed by atoms with Crippen LogP contribution in [0.2, 0.25) is 0 Å². The second-order valence-electron chi connectivity index (χ2n) is 6.36. The number of carbonyl (C=O) groups is 1. The molecule has 0 unspecified atom stereocenters. The van der Waals surface area contributed by atoms with Gasteiger partial charge < -0.3 is 9.64 Å². The lowest BCUT2D eigenvalue weighted by molar-refractivity contribution is 0.0999. The Labute approximate surface area is 159 Å². The molecule has 1 aromatic heterocycles. The van der Waals surface area contributed by atoms with Crippen molar-refractivity contribution in [2.75, 3.05) is 32.1 Å². The highest BCUT2D eigenvalue weighted by molar-refractivity contribution is 6.10. The smallest absolute Gasteiger partial charge is 0.262 e. The Kier molecular flexibility index (Phi) is 6.18. The van der Waals surface area contributed by atoms with Crippen LogP contribution in [-0.2, 0) is 0 Å². The third-order valence-corrected chi connectivity index (χ3v) is 4.05. The largest absolute Gasteiger partial charge is 0.492 e. The Morgan fingerprint density at radius 2 is 1.52 bits per heavy atom. The van der Waals surface area contributed by atoms with Gasteiger partial charge in [0, 0.05) is 30.2 Å². The van der Waals surface area contributed by atoms with Crippen LogP contribution in [0.4, 0.5) is 11.4 Å². The SMILES string of the molecule is CN(C)CCOc1ccc(N(C(=O)c2ccccc2)c2ccncc2)cc1. The summed E-state index contributed by atoms with van der Waals surface area (Å²) in [5.74, 6) is 0.686. The molecule has 3 aromatic rings. The standard InChI is InChI=1S/C22H23N3O2/c1-24(2)16-17-27-21-10-8-19(9-11-21)25(20-12-14-23-15-13-20)22(26)18-6-4-3-5-7-18/h3-15H,16-17H2,1-2H3. The van der Waals surface area contributed by atoms with Crippen LogP contribution in [0.5, 0.6) is 5.75 Å². The predicted molar refractivity (Wildman–Crippen MR) is 108 cm³/mol. The molecule has 0 saturated carbocycles. The van der Waals surface area contributed by atoms with Gasteiger partial charge in [-0.2, -0.15) is 0 Å². The van der Waals surface area contributed by atoms with Crippen LogP contribution in [0, 0.1) is 0 Å². The normalized spacial score (nSPS) is 10.6. The zero-order valence-corrected chi connectivity index (χ0v) is 15.6. The summed E-state index contributed by atoms with van der Waals surface area (Å²) in [4.78, 5) is 20.9. The number of nitrogens with zero attached hydrogens (tertiary/aromatic N) is 3. The highest BCUT2D eigenvalue weighted by atomic mass is 16.5. The van der Waals surface area contributed by atoms with Crippen LogP contribution in [0.15, 0.2) is 79.1 Å². The van der Waals surface area contributed by atoms with Crippen molar-refractivity contribution >= 4 is 17.3 Å². The maximum Gasteiger partial charge on any atom is 0.262 e. The number of amides is 1. The van der Waals surface area contributed by atoms with Gasteiger partial charge in [-0.15, -0.1) is 0 Å². The first-order chi connectivity index (χ1) is 13.1. The van der Waals surface area contributed by atoms with Crippen molar-refractivity contribution in [3.05, 3.63) is 84.7 Å². The lowest BCUT2D eigenvalue weighted by Gasteiger charge is -2.23. The van der Waals surface area contributed by atoms with E-state index in [-0.39, 0.29) is 5.91 Å². The highest BCUT2D eigenvalue weighted by Gasteiger charge is 2.19. The van der Waals surface area contributed by atoms with E-state index in [1.165, 1.54) is 0 Å². The van der Waals surface area contributed by atoms with E-state index in [2.05, 4.69) is 9.88 Å². The Balaban J connectivity index is 1.86. The summed E-state index contributed by atoms with van der Waals surface area (Å²) >= 11 is 0. The highest BCUT2D eigenvalue weighted by Crippen LogP contribution is 2.28. The van der Waals surface area contributed by atoms with E-state index in [1.54, 1.807) is 17.3 Å². The number of pyridine rings is 1. The second kappa shape index (κ2) is 8.96. The third kappa shape index (κ3) is 4.92. The van der Waals surface area contributed by atoms with Crippen LogP contribution in [0.25, 0.3) is 0 Å². The molecule has 0 N–H and O–H groups in total. The molecule has 0 aliphatic heterocycles. The molecule has 0 aliphatic carbocycles. The minimum atomic E-state index is -0.0944. The lowest BCUT2D eigenvalue weighted by Crippen LogP contribution is -2.25. The molecule has 0 fully saturated rings. The fourth-order valence-electron chi connectivity index (χ4n) is 2.62. The van der Waals surface area contributed by atoms with Crippen LogP contribution in [0.3, 0.4) is 0 Å². The molecule has 5 nitrogen and oxygen atoms in total. The van der Waals surface area contributed by atoms with Gasteiger partial charge in [0.15, 0.2) is 0 Å². The Morgan fingerprint density at radius 1 is 0.889 bits per heavy atom.